The Balaban J connectivity index is 1.43. The van der Waals surface area contributed by atoms with Gasteiger partial charge in [0, 0.05) is 11.4 Å². The molecule has 0 aliphatic carbocycles. The lowest BCUT2D eigenvalue weighted by Gasteiger charge is -2.14. The Morgan fingerprint density at radius 3 is 2.83 bits per heavy atom. The van der Waals surface area contributed by atoms with Gasteiger partial charge in [-0.05, 0) is 74.5 Å². The molecular weight excluding hydrogens is 303 g/mol. The van der Waals surface area contributed by atoms with Crippen LogP contribution in [0, 0.1) is 12.7 Å². The molecule has 0 radical (unpaired) electrons. The van der Waals surface area contributed by atoms with Crippen molar-refractivity contribution in [2.75, 3.05) is 6.54 Å². The topological polar surface area (TPSA) is 38.1 Å². The van der Waals surface area contributed by atoms with Crippen molar-refractivity contribution in [2.45, 2.75) is 39.2 Å². The molecule has 1 N–H and O–H groups in total. The van der Waals surface area contributed by atoms with E-state index in [2.05, 4.69) is 29.5 Å². The van der Waals surface area contributed by atoms with Gasteiger partial charge in [-0.15, -0.1) is 0 Å². The molecule has 0 spiro atoms. The number of aryl methyl sites for hydroxylation is 2. The van der Waals surface area contributed by atoms with E-state index in [-0.39, 0.29) is 5.82 Å². The van der Waals surface area contributed by atoms with E-state index >= 15 is 0 Å². The van der Waals surface area contributed by atoms with E-state index < -0.39 is 0 Å². The zero-order valence-electron chi connectivity index (χ0n) is 14.2. The van der Waals surface area contributed by atoms with Gasteiger partial charge in [-0.25, -0.2) is 4.39 Å². The third-order valence-corrected chi connectivity index (χ3v) is 4.32. The molecule has 0 fully saturated rings. The van der Waals surface area contributed by atoms with Crippen LogP contribution in [0.5, 0.6) is 0 Å². The van der Waals surface area contributed by atoms with Crippen molar-refractivity contribution in [3.63, 3.8) is 0 Å². The Bertz CT molecular complexity index is 812. The first-order chi connectivity index (χ1) is 11.6. The molecule has 0 bridgehead atoms. The van der Waals surface area contributed by atoms with Gasteiger partial charge in [-0.3, -0.25) is 0 Å². The number of nitrogens with zero attached hydrogens (tertiary/aromatic N) is 1. The average molecular weight is 326 g/mol. The highest BCUT2D eigenvalue weighted by Crippen LogP contribution is 2.16. The number of halogens is 1. The molecule has 4 heteroatoms. The maximum Gasteiger partial charge on any atom is 0.167 e. The molecule has 126 valence electrons. The fraction of sp³-hybridized carbons (Fsp3) is 0.350. The molecule has 0 saturated heterocycles. The predicted octanol–water partition coefficient (Wildman–Crippen LogP) is 4.43. The Morgan fingerprint density at radius 1 is 1.17 bits per heavy atom. The average Bonchev–Trinajstić information content (AvgIpc) is 3.03. The summed E-state index contributed by atoms with van der Waals surface area (Å²) in [6, 6.07) is 12.0. The quantitative estimate of drug-likeness (QED) is 0.653. The smallest absolute Gasteiger partial charge is 0.167 e. The second kappa shape index (κ2) is 7.58. The molecule has 1 atom stereocenters. The molecule has 3 nitrogen and oxygen atoms in total. The summed E-state index contributed by atoms with van der Waals surface area (Å²) in [4.78, 5) is 0. The molecule has 0 saturated carbocycles. The number of aromatic nitrogens is 1. The molecule has 1 unspecified atom stereocenters. The van der Waals surface area contributed by atoms with E-state index in [4.69, 9.17) is 4.52 Å². The van der Waals surface area contributed by atoms with Crippen molar-refractivity contribution < 1.29 is 8.91 Å². The Kier molecular flexibility index (Phi) is 5.26. The molecule has 2 aromatic carbocycles. The summed E-state index contributed by atoms with van der Waals surface area (Å²) in [5, 5.41) is 8.38. The van der Waals surface area contributed by atoms with Gasteiger partial charge < -0.3 is 9.84 Å². The summed E-state index contributed by atoms with van der Waals surface area (Å²) < 4.78 is 18.5. The predicted molar refractivity (Wildman–Crippen MR) is 94.6 cm³/mol. The lowest BCUT2D eigenvalue weighted by Crippen LogP contribution is -2.29. The highest BCUT2D eigenvalue weighted by molar-refractivity contribution is 5.76. The van der Waals surface area contributed by atoms with Crippen molar-refractivity contribution in [3.8, 4) is 0 Å². The molecule has 3 rings (SSSR count). The first-order valence-electron chi connectivity index (χ1n) is 8.43. The number of hydrogen-bond donors (Lipinski definition) is 1. The lowest BCUT2D eigenvalue weighted by atomic mass is 10.0. The van der Waals surface area contributed by atoms with Crippen LogP contribution >= 0.6 is 0 Å². The van der Waals surface area contributed by atoms with E-state index in [9.17, 15) is 4.39 Å². The minimum absolute atomic E-state index is 0.136. The largest absolute Gasteiger partial charge is 0.356 e. The van der Waals surface area contributed by atoms with Crippen LogP contribution in [-0.4, -0.2) is 17.7 Å². The van der Waals surface area contributed by atoms with Crippen LogP contribution in [0.2, 0.25) is 0 Å². The standard InChI is InChI=1S/C20H23FN2O/c1-14-10-17(6-8-19(14)21)11-15(2)22-9-3-4-16-5-7-18-13-23-24-20(18)12-16/h5-8,10,12-13,15,22H,3-4,9,11H2,1-2H3. The minimum atomic E-state index is -0.136. The molecule has 3 aromatic rings. The third-order valence-electron chi connectivity index (χ3n) is 4.32. The molecule has 0 aliphatic heterocycles. The van der Waals surface area contributed by atoms with Crippen LogP contribution in [0.1, 0.15) is 30.0 Å². The fourth-order valence-corrected chi connectivity index (χ4v) is 2.96. The number of nitrogens with one attached hydrogen (secondary N) is 1. The van der Waals surface area contributed by atoms with E-state index in [1.807, 2.05) is 25.1 Å². The van der Waals surface area contributed by atoms with Crippen molar-refractivity contribution in [3.05, 3.63) is 65.1 Å². The van der Waals surface area contributed by atoms with E-state index in [0.717, 1.165) is 36.8 Å². The zero-order valence-corrected chi connectivity index (χ0v) is 14.2. The van der Waals surface area contributed by atoms with Crippen molar-refractivity contribution in [1.29, 1.82) is 0 Å². The SMILES string of the molecule is Cc1cc(CC(C)NCCCc2ccc3cnoc3c2)ccc1F. The van der Waals surface area contributed by atoms with Crippen molar-refractivity contribution in [2.24, 2.45) is 0 Å². The van der Waals surface area contributed by atoms with Gasteiger partial charge in [0.05, 0.1) is 6.20 Å². The summed E-state index contributed by atoms with van der Waals surface area (Å²) in [7, 11) is 0. The van der Waals surface area contributed by atoms with Gasteiger partial charge in [-0.1, -0.05) is 23.4 Å². The molecule has 1 heterocycles. The van der Waals surface area contributed by atoms with Crippen LogP contribution in [0.15, 0.2) is 47.1 Å². The number of hydrogen-bond acceptors (Lipinski definition) is 3. The van der Waals surface area contributed by atoms with Crippen LogP contribution < -0.4 is 5.32 Å². The maximum atomic E-state index is 13.3. The molecular formula is C20H23FN2O. The second-order valence-electron chi connectivity index (χ2n) is 6.44. The van der Waals surface area contributed by atoms with Crippen molar-refractivity contribution >= 4 is 11.0 Å². The summed E-state index contributed by atoms with van der Waals surface area (Å²) >= 11 is 0. The number of benzene rings is 2. The van der Waals surface area contributed by atoms with Gasteiger partial charge in [0.1, 0.15) is 5.82 Å². The number of fused-ring (bicyclic) bond motifs is 1. The monoisotopic (exact) mass is 326 g/mol. The summed E-state index contributed by atoms with van der Waals surface area (Å²) in [6.45, 7) is 4.93. The maximum absolute atomic E-state index is 13.3. The summed E-state index contributed by atoms with van der Waals surface area (Å²) in [5.74, 6) is -0.136. The summed E-state index contributed by atoms with van der Waals surface area (Å²) in [5.41, 5.74) is 4.00. The minimum Gasteiger partial charge on any atom is -0.356 e. The second-order valence-corrected chi connectivity index (χ2v) is 6.44. The zero-order chi connectivity index (χ0) is 16.9. The van der Waals surface area contributed by atoms with Gasteiger partial charge in [0.25, 0.3) is 0 Å². The third kappa shape index (κ3) is 4.20. The first kappa shape index (κ1) is 16.7. The van der Waals surface area contributed by atoms with Crippen molar-refractivity contribution in [1.82, 2.24) is 10.5 Å². The Labute approximate surface area is 141 Å². The van der Waals surface area contributed by atoms with E-state index in [1.54, 1.807) is 12.3 Å². The van der Waals surface area contributed by atoms with Crippen LogP contribution in [-0.2, 0) is 12.8 Å². The van der Waals surface area contributed by atoms with Gasteiger partial charge in [0.2, 0.25) is 0 Å². The van der Waals surface area contributed by atoms with Crippen LogP contribution in [0.3, 0.4) is 0 Å². The normalized spacial score (nSPS) is 12.6. The molecule has 0 aliphatic rings. The summed E-state index contributed by atoms with van der Waals surface area (Å²) in [6.07, 6.45) is 4.71. The van der Waals surface area contributed by atoms with Gasteiger partial charge in [-0.2, -0.15) is 0 Å². The highest BCUT2D eigenvalue weighted by Gasteiger charge is 2.05. The fourth-order valence-electron chi connectivity index (χ4n) is 2.96. The van der Waals surface area contributed by atoms with Crippen LogP contribution in [0.4, 0.5) is 4.39 Å². The first-order valence-corrected chi connectivity index (χ1v) is 8.43. The lowest BCUT2D eigenvalue weighted by molar-refractivity contribution is 0.456. The van der Waals surface area contributed by atoms with Crippen LogP contribution in [0.25, 0.3) is 11.0 Å². The molecule has 1 aromatic heterocycles. The molecule has 0 amide bonds. The number of rotatable bonds is 7. The Morgan fingerprint density at radius 2 is 2.00 bits per heavy atom. The molecule has 24 heavy (non-hydrogen) atoms. The van der Waals surface area contributed by atoms with Gasteiger partial charge in [0.15, 0.2) is 5.58 Å². The Hall–Kier alpha value is -2.20. The van der Waals surface area contributed by atoms with E-state index in [0.29, 0.717) is 11.6 Å². The van der Waals surface area contributed by atoms with E-state index in [1.165, 1.54) is 11.1 Å². The highest BCUT2D eigenvalue weighted by atomic mass is 19.1. The van der Waals surface area contributed by atoms with Gasteiger partial charge >= 0.3 is 0 Å².